The third-order valence-corrected chi connectivity index (χ3v) is 3.79. The Morgan fingerprint density at radius 2 is 1.81 bits per heavy atom. The highest BCUT2D eigenvalue weighted by atomic mass is 16.5. The van der Waals surface area contributed by atoms with Gasteiger partial charge in [0, 0.05) is 27.7 Å². The minimum Gasteiger partial charge on any atom is -0.483 e. The molecule has 0 aliphatic rings. The van der Waals surface area contributed by atoms with Gasteiger partial charge >= 0.3 is 0 Å². The number of likely N-dealkylation sites (N-methyl/N-ethyl adjacent to an activating group) is 1. The Bertz CT molecular complexity index is 840. The monoisotopic (exact) mass is 351 g/mol. The molecule has 0 aromatic heterocycles. The summed E-state index contributed by atoms with van der Waals surface area (Å²) < 4.78 is 5.54. The summed E-state index contributed by atoms with van der Waals surface area (Å²) >= 11 is 0. The third-order valence-electron chi connectivity index (χ3n) is 3.79. The SMILES string of the molecule is CN(C)C(=O)COc1ccccc1C(=O)N(C)Cc1cccc(C#N)c1. The number of nitriles is 1. The van der Waals surface area contributed by atoms with Crippen LogP contribution < -0.4 is 4.74 Å². The normalized spacial score (nSPS) is 9.92. The molecule has 26 heavy (non-hydrogen) atoms. The zero-order valence-electron chi connectivity index (χ0n) is 15.1. The molecule has 0 spiro atoms. The summed E-state index contributed by atoms with van der Waals surface area (Å²) in [4.78, 5) is 27.5. The number of nitrogens with zero attached hydrogens (tertiary/aromatic N) is 3. The number of para-hydroxylation sites is 1. The van der Waals surface area contributed by atoms with Crippen molar-refractivity contribution in [1.82, 2.24) is 9.80 Å². The van der Waals surface area contributed by atoms with Crippen LogP contribution in [0.1, 0.15) is 21.5 Å². The quantitative estimate of drug-likeness (QED) is 0.800. The van der Waals surface area contributed by atoms with Crippen molar-refractivity contribution in [2.75, 3.05) is 27.7 Å². The Hall–Kier alpha value is -3.33. The molecule has 2 amide bonds. The van der Waals surface area contributed by atoms with Crippen LogP contribution in [0.2, 0.25) is 0 Å². The molecule has 2 aromatic carbocycles. The van der Waals surface area contributed by atoms with Gasteiger partial charge in [0.05, 0.1) is 17.2 Å². The molecule has 2 aromatic rings. The van der Waals surface area contributed by atoms with E-state index in [4.69, 9.17) is 10.00 Å². The second kappa shape index (κ2) is 8.67. The van der Waals surface area contributed by atoms with Crippen LogP contribution in [0.25, 0.3) is 0 Å². The van der Waals surface area contributed by atoms with Gasteiger partial charge in [-0.05, 0) is 29.8 Å². The molecule has 0 fully saturated rings. The van der Waals surface area contributed by atoms with Crippen LogP contribution in [0.4, 0.5) is 0 Å². The van der Waals surface area contributed by atoms with Crippen LogP contribution in [0.15, 0.2) is 48.5 Å². The average Bonchev–Trinajstić information content (AvgIpc) is 2.65. The molecular weight excluding hydrogens is 330 g/mol. The maximum Gasteiger partial charge on any atom is 0.259 e. The first-order valence-corrected chi connectivity index (χ1v) is 8.09. The van der Waals surface area contributed by atoms with Gasteiger partial charge < -0.3 is 14.5 Å². The predicted molar refractivity (Wildman–Crippen MR) is 97.6 cm³/mol. The molecule has 0 saturated carbocycles. The second-order valence-corrected chi connectivity index (χ2v) is 6.05. The van der Waals surface area contributed by atoms with E-state index in [0.29, 0.717) is 23.4 Å². The lowest BCUT2D eigenvalue weighted by atomic mass is 10.1. The number of amides is 2. The Morgan fingerprint density at radius 3 is 2.50 bits per heavy atom. The van der Waals surface area contributed by atoms with Gasteiger partial charge in [-0.2, -0.15) is 5.26 Å². The van der Waals surface area contributed by atoms with Gasteiger partial charge in [0.25, 0.3) is 11.8 Å². The van der Waals surface area contributed by atoms with E-state index in [1.165, 1.54) is 4.90 Å². The first-order chi connectivity index (χ1) is 12.4. The van der Waals surface area contributed by atoms with Gasteiger partial charge in [-0.15, -0.1) is 0 Å². The summed E-state index contributed by atoms with van der Waals surface area (Å²) in [5.41, 5.74) is 1.80. The average molecular weight is 351 g/mol. The van der Waals surface area contributed by atoms with E-state index in [1.54, 1.807) is 68.5 Å². The van der Waals surface area contributed by atoms with E-state index in [-0.39, 0.29) is 18.4 Å². The summed E-state index contributed by atoms with van der Waals surface area (Å²) in [5, 5.41) is 8.98. The number of hydrogen-bond acceptors (Lipinski definition) is 4. The minimum absolute atomic E-state index is 0.134. The van der Waals surface area contributed by atoms with Gasteiger partial charge in [0.1, 0.15) is 5.75 Å². The molecule has 0 aliphatic heterocycles. The van der Waals surface area contributed by atoms with E-state index >= 15 is 0 Å². The van der Waals surface area contributed by atoms with Crippen molar-refractivity contribution in [1.29, 1.82) is 5.26 Å². The van der Waals surface area contributed by atoms with Crippen molar-refractivity contribution in [3.63, 3.8) is 0 Å². The molecule has 2 rings (SSSR count). The summed E-state index contributed by atoms with van der Waals surface area (Å²) in [6.07, 6.45) is 0. The van der Waals surface area contributed by atoms with Gasteiger partial charge in [-0.25, -0.2) is 0 Å². The molecule has 0 saturated heterocycles. The number of benzene rings is 2. The molecule has 134 valence electrons. The largest absolute Gasteiger partial charge is 0.483 e. The fraction of sp³-hybridized carbons (Fsp3) is 0.250. The van der Waals surface area contributed by atoms with Crippen LogP contribution in [-0.4, -0.2) is 49.4 Å². The van der Waals surface area contributed by atoms with Crippen molar-refractivity contribution < 1.29 is 14.3 Å². The first kappa shape index (κ1) is 19.0. The summed E-state index contributed by atoms with van der Waals surface area (Å²) in [6, 6.07) is 16.0. The highest BCUT2D eigenvalue weighted by Gasteiger charge is 2.18. The second-order valence-electron chi connectivity index (χ2n) is 6.05. The number of hydrogen-bond donors (Lipinski definition) is 0. The van der Waals surface area contributed by atoms with E-state index in [9.17, 15) is 9.59 Å². The predicted octanol–water partition coefficient (Wildman–Crippen LogP) is 2.30. The maximum atomic E-state index is 12.8. The lowest BCUT2D eigenvalue weighted by molar-refractivity contribution is -0.130. The standard InChI is InChI=1S/C20H21N3O3/c1-22(2)19(24)14-26-18-10-5-4-9-17(18)20(25)23(3)13-16-8-6-7-15(11-16)12-21/h4-11H,13-14H2,1-3H3. The molecule has 6 nitrogen and oxygen atoms in total. The molecule has 0 N–H and O–H groups in total. The number of carbonyl (C=O) groups is 2. The topological polar surface area (TPSA) is 73.6 Å². The van der Waals surface area contributed by atoms with Crippen molar-refractivity contribution in [2.45, 2.75) is 6.54 Å². The van der Waals surface area contributed by atoms with Gasteiger partial charge in [-0.3, -0.25) is 9.59 Å². The molecule has 0 unspecified atom stereocenters. The van der Waals surface area contributed by atoms with Crippen molar-refractivity contribution in [3.05, 3.63) is 65.2 Å². The molecular formula is C20H21N3O3. The zero-order chi connectivity index (χ0) is 19.1. The van der Waals surface area contributed by atoms with Crippen LogP contribution in [0, 0.1) is 11.3 Å². The maximum absolute atomic E-state index is 12.8. The molecule has 0 atom stereocenters. The van der Waals surface area contributed by atoms with E-state index in [0.717, 1.165) is 5.56 Å². The van der Waals surface area contributed by atoms with Gasteiger partial charge in [0.2, 0.25) is 0 Å². The van der Waals surface area contributed by atoms with E-state index in [2.05, 4.69) is 6.07 Å². The first-order valence-electron chi connectivity index (χ1n) is 8.09. The minimum atomic E-state index is -0.222. The fourth-order valence-corrected chi connectivity index (χ4v) is 2.33. The van der Waals surface area contributed by atoms with Crippen LogP contribution >= 0.6 is 0 Å². The van der Waals surface area contributed by atoms with Gasteiger partial charge in [0.15, 0.2) is 6.61 Å². The Morgan fingerprint density at radius 1 is 1.08 bits per heavy atom. The smallest absolute Gasteiger partial charge is 0.259 e. The fourth-order valence-electron chi connectivity index (χ4n) is 2.33. The molecule has 0 bridgehead atoms. The van der Waals surface area contributed by atoms with Crippen LogP contribution in [0.5, 0.6) is 5.75 Å². The lowest BCUT2D eigenvalue weighted by Gasteiger charge is -2.19. The van der Waals surface area contributed by atoms with Crippen molar-refractivity contribution >= 4 is 11.8 Å². The molecule has 0 radical (unpaired) electrons. The number of ether oxygens (including phenoxy) is 1. The van der Waals surface area contributed by atoms with E-state index < -0.39 is 0 Å². The molecule has 0 aliphatic carbocycles. The molecule has 0 heterocycles. The van der Waals surface area contributed by atoms with E-state index in [1.807, 2.05) is 6.07 Å². The van der Waals surface area contributed by atoms with Crippen molar-refractivity contribution in [2.24, 2.45) is 0 Å². The summed E-state index contributed by atoms with van der Waals surface area (Å²) in [5.74, 6) is -0.0421. The third kappa shape index (κ3) is 4.84. The summed E-state index contributed by atoms with van der Waals surface area (Å²) in [6.45, 7) is 0.227. The molecule has 6 heteroatoms. The van der Waals surface area contributed by atoms with Crippen LogP contribution in [-0.2, 0) is 11.3 Å². The lowest BCUT2D eigenvalue weighted by Crippen LogP contribution is -2.29. The van der Waals surface area contributed by atoms with Crippen molar-refractivity contribution in [3.8, 4) is 11.8 Å². The Balaban J connectivity index is 2.13. The zero-order valence-corrected chi connectivity index (χ0v) is 15.1. The number of carbonyl (C=O) groups excluding carboxylic acids is 2. The Kier molecular flexibility index (Phi) is 6.34. The number of rotatable bonds is 6. The summed E-state index contributed by atoms with van der Waals surface area (Å²) in [7, 11) is 4.97. The highest BCUT2D eigenvalue weighted by molar-refractivity contribution is 5.96. The Labute approximate surface area is 153 Å². The van der Waals surface area contributed by atoms with Gasteiger partial charge in [-0.1, -0.05) is 24.3 Å². The highest BCUT2D eigenvalue weighted by Crippen LogP contribution is 2.20. The van der Waals surface area contributed by atoms with Crippen LogP contribution in [0.3, 0.4) is 0 Å².